The van der Waals surface area contributed by atoms with Crippen molar-refractivity contribution < 1.29 is 14.3 Å². The Balaban J connectivity index is 2.64. The number of ether oxygens (including phenoxy) is 1. The van der Waals surface area contributed by atoms with Gasteiger partial charge in [-0.2, -0.15) is 0 Å². The van der Waals surface area contributed by atoms with E-state index in [2.05, 4.69) is 0 Å². The minimum absolute atomic E-state index is 0.364. The van der Waals surface area contributed by atoms with Gasteiger partial charge in [0.05, 0.1) is 6.61 Å². The van der Waals surface area contributed by atoms with E-state index in [1.165, 1.54) is 6.08 Å². The van der Waals surface area contributed by atoms with Gasteiger partial charge in [-0.3, -0.25) is 4.79 Å². The molecule has 0 aliphatic heterocycles. The third-order valence-corrected chi connectivity index (χ3v) is 1.77. The number of hydrogen-bond donors (Lipinski definition) is 0. The lowest BCUT2D eigenvalue weighted by molar-refractivity contribution is -0.137. The molecule has 0 fully saturated rings. The summed E-state index contributed by atoms with van der Waals surface area (Å²) in [5, 5.41) is 0. The van der Waals surface area contributed by atoms with Crippen molar-refractivity contribution in [1.29, 1.82) is 0 Å². The molecule has 0 N–H and O–H groups in total. The van der Waals surface area contributed by atoms with Gasteiger partial charge in [0.15, 0.2) is 0 Å². The molecular weight excluding hydrogens is 192 g/mol. The predicted octanol–water partition coefficient (Wildman–Crippen LogP) is 2.08. The molecular formula is C12H12O3. The zero-order chi connectivity index (χ0) is 11.1. The van der Waals surface area contributed by atoms with Crippen molar-refractivity contribution in [3.63, 3.8) is 0 Å². The van der Waals surface area contributed by atoms with Crippen molar-refractivity contribution in [2.24, 2.45) is 0 Å². The molecule has 0 unspecified atom stereocenters. The first-order valence-electron chi connectivity index (χ1n) is 4.66. The van der Waals surface area contributed by atoms with Gasteiger partial charge in [0, 0.05) is 11.6 Å². The molecule has 0 bridgehead atoms. The Hall–Kier alpha value is -1.90. The molecule has 0 aliphatic carbocycles. The summed E-state index contributed by atoms with van der Waals surface area (Å²) in [5.41, 5.74) is 1.47. The van der Waals surface area contributed by atoms with Crippen LogP contribution in [0.1, 0.15) is 22.8 Å². The average Bonchev–Trinajstić information content (AvgIpc) is 2.27. The molecule has 0 aliphatic rings. The molecule has 0 radical (unpaired) electrons. The first-order valence-corrected chi connectivity index (χ1v) is 4.66. The smallest absolute Gasteiger partial charge is 0.330 e. The highest BCUT2D eigenvalue weighted by Gasteiger charge is 1.94. The van der Waals surface area contributed by atoms with Gasteiger partial charge in [-0.15, -0.1) is 0 Å². The second-order valence-corrected chi connectivity index (χ2v) is 2.87. The fraction of sp³-hybridized carbons (Fsp3) is 0.167. The molecule has 3 heteroatoms. The van der Waals surface area contributed by atoms with Crippen LogP contribution in [0, 0.1) is 0 Å². The number of rotatable bonds is 4. The number of esters is 1. The van der Waals surface area contributed by atoms with E-state index in [4.69, 9.17) is 4.74 Å². The molecule has 0 spiro atoms. The summed E-state index contributed by atoms with van der Waals surface area (Å²) in [4.78, 5) is 21.4. The summed E-state index contributed by atoms with van der Waals surface area (Å²) in [7, 11) is 0. The second kappa shape index (κ2) is 5.75. The molecule has 1 aromatic rings. The highest BCUT2D eigenvalue weighted by Crippen LogP contribution is 2.04. The Morgan fingerprint density at radius 2 is 1.87 bits per heavy atom. The average molecular weight is 204 g/mol. The highest BCUT2D eigenvalue weighted by molar-refractivity contribution is 5.87. The minimum Gasteiger partial charge on any atom is -0.463 e. The highest BCUT2D eigenvalue weighted by atomic mass is 16.5. The van der Waals surface area contributed by atoms with Gasteiger partial charge in [0.1, 0.15) is 6.29 Å². The summed E-state index contributed by atoms with van der Waals surface area (Å²) < 4.78 is 4.73. The van der Waals surface area contributed by atoms with Crippen molar-refractivity contribution in [2.75, 3.05) is 6.61 Å². The first kappa shape index (κ1) is 11.2. The van der Waals surface area contributed by atoms with Gasteiger partial charge in [-0.05, 0) is 18.6 Å². The molecule has 0 atom stereocenters. The molecule has 0 heterocycles. The maximum Gasteiger partial charge on any atom is 0.330 e. The Morgan fingerprint density at radius 3 is 2.40 bits per heavy atom. The second-order valence-electron chi connectivity index (χ2n) is 2.87. The normalized spacial score (nSPS) is 10.2. The van der Waals surface area contributed by atoms with Gasteiger partial charge in [-0.1, -0.05) is 24.3 Å². The zero-order valence-corrected chi connectivity index (χ0v) is 8.47. The lowest BCUT2D eigenvalue weighted by Gasteiger charge is -1.95. The van der Waals surface area contributed by atoms with E-state index >= 15 is 0 Å². The van der Waals surface area contributed by atoms with Crippen LogP contribution in [0.25, 0.3) is 6.08 Å². The van der Waals surface area contributed by atoms with Crippen molar-refractivity contribution in [2.45, 2.75) is 6.92 Å². The van der Waals surface area contributed by atoms with Crippen LogP contribution in [0.2, 0.25) is 0 Å². The number of aldehydes is 1. The third-order valence-electron chi connectivity index (χ3n) is 1.77. The molecule has 1 rings (SSSR count). The number of benzene rings is 1. The van der Waals surface area contributed by atoms with Gasteiger partial charge >= 0.3 is 5.97 Å². The molecule has 0 amide bonds. The van der Waals surface area contributed by atoms with Crippen LogP contribution in [0.15, 0.2) is 30.3 Å². The fourth-order valence-electron chi connectivity index (χ4n) is 1.04. The molecule has 3 nitrogen and oxygen atoms in total. The van der Waals surface area contributed by atoms with Gasteiger partial charge in [0.25, 0.3) is 0 Å². The molecule has 0 saturated heterocycles. The summed E-state index contributed by atoms with van der Waals surface area (Å²) in [6, 6.07) is 6.91. The molecule has 1 aromatic carbocycles. The summed E-state index contributed by atoms with van der Waals surface area (Å²) in [6.07, 6.45) is 3.78. The van der Waals surface area contributed by atoms with Crippen molar-refractivity contribution in [3.8, 4) is 0 Å². The van der Waals surface area contributed by atoms with Gasteiger partial charge in [-0.25, -0.2) is 4.79 Å². The van der Waals surface area contributed by atoms with Crippen LogP contribution >= 0.6 is 0 Å². The molecule has 0 aromatic heterocycles. The maximum atomic E-state index is 11.0. The summed E-state index contributed by atoms with van der Waals surface area (Å²) >= 11 is 0. The van der Waals surface area contributed by atoms with Crippen LogP contribution < -0.4 is 0 Å². The topological polar surface area (TPSA) is 43.4 Å². The predicted molar refractivity (Wildman–Crippen MR) is 57.5 cm³/mol. The van der Waals surface area contributed by atoms with E-state index in [-0.39, 0.29) is 5.97 Å². The Labute approximate surface area is 88.4 Å². The molecule has 15 heavy (non-hydrogen) atoms. The SMILES string of the molecule is CCOC(=O)C=Cc1ccc(C=O)cc1. The van der Waals surface area contributed by atoms with E-state index < -0.39 is 0 Å². The quantitative estimate of drug-likeness (QED) is 0.428. The van der Waals surface area contributed by atoms with Crippen LogP contribution in [-0.4, -0.2) is 18.9 Å². The largest absolute Gasteiger partial charge is 0.463 e. The van der Waals surface area contributed by atoms with Gasteiger partial charge < -0.3 is 4.74 Å². The number of hydrogen-bond acceptors (Lipinski definition) is 3. The number of carbonyl (C=O) groups excluding carboxylic acids is 2. The van der Waals surface area contributed by atoms with E-state index in [0.29, 0.717) is 12.2 Å². The summed E-state index contributed by atoms with van der Waals surface area (Å²) in [6.45, 7) is 2.12. The summed E-state index contributed by atoms with van der Waals surface area (Å²) in [5.74, 6) is -0.364. The standard InChI is InChI=1S/C12H12O3/c1-2-15-12(14)8-7-10-3-5-11(9-13)6-4-10/h3-9H,2H2,1H3. The lowest BCUT2D eigenvalue weighted by atomic mass is 10.1. The van der Waals surface area contributed by atoms with Crippen LogP contribution in [0.3, 0.4) is 0 Å². The third kappa shape index (κ3) is 3.77. The van der Waals surface area contributed by atoms with E-state index in [1.54, 1.807) is 37.3 Å². The van der Waals surface area contributed by atoms with Crippen LogP contribution in [0.4, 0.5) is 0 Å². The zero-order valence-electron chi connectivity index (χ0n) is 8.47. The Kier molecular flexibility index (Phi) is 4.29. The van der Waals surface area contributed by atoms with Gasteiger partial charge in [0.2, 0.25) is 0 Å². The van der Waals surface area contributed by atoms with E-state index in [1.807, 2.05) is 0 Å². The fourth-order valence-corrected chi connectivity index (χ4v) is 1.04. The van der Waals surface area contributed by atoms with Crippen LogP contribution in [0.5, 0.6) is 0 Å². The van der Waals surface area contributed by atoms with Crippen molar-refractivity contribution in [1.82, 2.24) is 0 Å². The Bertz CT molecular complexity index is 363. The van der Waals surface area contributed by atoms with Crippen molar-refractivity contribution >= 4 is 18.3 Å². The van der Waals surface area contributed by atoms with E-state index in [9.17, 15) is 9.59 Å². The van der Waals surface area contributed by atoms with Crippen molar-refractivity contribution in [3.05, 3.63) is 41.5 Å². The van der Waals surface area contributed by atoms with E-state index in [0.717, 1.165) is 11.8 Å². The first-order chi connectivity index (χ1) is 7.26. The molecule has 0 saturated carbocycles. The molecule has 78 valence electrons. The maximum absolute atomic E-state index is 11.0. The van der Waals surface area contributed by atoms with Crippen LogP contribution in [-0.2, 0) is 9.53 Å². The number of carbonyl (C=O) groups is 2. The Morgan fingerprint density at radius 1 is 1.27 bits per heavy atom. The minimum atomic E-state index is -0.364. The monoisotopic (exact) mass is 204 g/mol. The lowest BCUT2D eigenvalue weighted by Crippen LogP contribution is -1.98.